The van der Waals surface area contributed by atoms with Crippen molar-refractivity contribution < 1.29 is 9.59 Å². The molecule has 1 unspecified atom stereocenters. The zero-order valence-electron chi connectivity index (χ0n) is 23.9. The number of hydrogen-bond acceptors (Lipinski definition) is 3. The Balaban J connectivity index is 1.05. The van der Waals surface area contributed by atoms with Gasteiger partial charge in [-0.2, -0.15) is 0 Å². The molecule has 4 saturated carbocycles. The van der Waals surface area contributed by atoms with Crippen molar-refractivity contribution >= 4 is 27.9 Å². The summed E-state index contributed by atoms with van der Waals surface area (Å²) in [4.78, 5) is 30.6. The molecule has 0 aromatic heterocycles. The molecule has 6 aliphatic rings. The summed E-state index contributed by atoms with van der Waals surface area (Å²) in [6.45, 7) is 3.40. The number of rotatable bonds is 8. The Hall–Kier alpha value is -1.60. The third-order valence-electron chi connectivity index (χ3n) is 11.0. The lowest BCUT2D eigenvalue weighted by molar-refractivity contribution is -0.121. The molecule has 5 fully saturated rings. The predicted molar refractivity (Wildman–Crippen MR) is 159 cm³/mol. The van der Waals surface area contributed by atoms with Crippen molar-refractivity contribution in [1.29, 1.82) is 0 Å². The highest BCUT2D eigenvalue weighted by Gasteiger charge is 2.50. The van der Waals surface area contributed by atoms with E-state index in [1.165, 1.54) is 43.2 Å². The van der Waals surface area contributed by atoms with Crippen LogP contribution in [0.5, 0.6) is 0 Å². The van der Waals surface area contributed by atoms with E-state index in [0.717, 1.165) is 74.6 Å². The van der Waals surface area contributed by atoms with Gasteiger partial charge in [-0.3, -0.25) is 4.79 Å². The summed E-state index contributed by atoms with van der Waals surface area (Å²) in [7, 11) is 4.17. The second-order valence-corrected chi connectivity index (χ2v) is 14.7. The van der Waals surface area contributed by atoms with Gasteiger partial charge in [-0.25, -0.2) is 4.79 Å². The molecule has 7 rings (SSSR count). The first-order valence-corrected chi connectivity index (χ1v) is 16.4. The van der Waals surface area contributed by atoms with E-state index in [4.69, 9.17) is 0 Å². The number of amides is 3. The molecule has 39 heavy (non-hydrogen) atoms. The molecule has 1 atom stereocenters. The Bertz CT molecular complexity index is 1040. The average molecular weight is 600 g/mol. The van der Waals surface area contributed by atoms with E-state index >= 15 is 0 Å². The van der Waals surface area contributed by atoms with E-state index in [9.17, 15) is 9.59 Å². The fraction of sp³-hybridized carbons (Fsp3) is 0.750. The van der Waals surface area contributed by atoms with E-state index < -0.39 is 0 Å². The fourth-order valence-corrected chi connectivity index (χ4v) is 10.2. The van der Waals surface area contributed by atoms with Crippen LogP contribution in [0, 0.1) is 23.7 Å². The Morgan fingerprint density at radius 2 is 1.72 bits per heavy atom. The number of carbonyl (C=O) groups is 2. The number of urea groups is 1. The quantitative estimate of drug-likeness (QED) is 0.380. The van der Waals surface area contributed by atoms with Crippen LogP contribution in [0.1, 0.15) is 87.7 Å². The van der Waals surface area contributed by atoms with Crippen LogP contribution in [0.25, 0.3) is 0 Å². The van der Waals surface area contributed by atoms with Crippen molar-refractivity contribution in [1.82, 2.24) is 20.4 Å². The minimum atomic E-state index is 0.0471. The first-order chi connectivity index (χ1) is 18.8. The van der Waals surface area contributed by atoms with Gasteiger partial charge in [0.15, 0.2) is 0 Å². The second-order valence-electron chi connectivity index (χ2n) is 13.8. The van der Waals surface area contributed by atoms with E-state index in [0.29, 0.717) is 24.3 Å². The number of piperidine rings is 1. The molecule has 1 saturated heterocycles. The van der Waals surface area contributed by atoms with E-state index in [1.807, 2.05) is 0 Å². The fourth-order valence-electron chi connectivity index (χ4n) is 9.37. The predicted octanol–water partition coefficient (Wildman–Crippen LogP) is 5.65. The summed E-state index contributed by atoms with van der Waals surface area (Å²) in [6.07, 6.45) is 12.4. The molecular weight excluding hydrogens is 552 g/mol. The molecule has 1 spiro atoms. The molecule has 1 aliphatic heterocycles. The van der Waals surface area contributed by atoms with Gasteiger partial charge >= 0.3 is 6.03 Å². The number of fused-ring (bicyclic) bond motifs is 2. The molecule has 2 N–H and O–H groups in total. The molecule has 1 aromatic rings. The minimum absolute atomic E-state index is 0.0471. The number of nitrogens with one attached hydrogen (secondary N) is 2. The maximum Gasteiger partial charge on any atom is 0.317 e. The van der Waals surface area contributed by atoms with E-state index in [1.54, 1.807) is 0 Å². The van der Waals surface area contributed by atoms with Gasteiger partial charge in [-0.1, -0.05) is 28.1 Å². The molecule has 5 aliphatic carbocycles. The van der Waals surface area contributed by atoms with Crippen LogP contribution < -0.4 is 10.6 Å². The molecule has 1 aromatic carbocycles. The highest BCUT2D eigenvalue weighted by Crippen LogP contribution is 2.56. The number of benzene rings is 1. The zero-order valence-corrected chi connectivity index (χ0v) is 25.5. The van der Waals surface area contributed by atoms with Crippen LogP contribution in [-0.4, -0.2) is 68.1 Å². The Morgan fingerprint density at radius 3 is 2.38 bits per heavy atom. The molecule has 0 radical (unpaired) electrons. The largest absolute Gasteiger partial charge is 0.356 e. The molecule has 4 bridgehead atoms. The van der Waals surface area contributed by atoms with Crippen LogP contribution in [0.4, 0.5) is 4.79 Å². The molecule has 6 nitrogen and oxygen atoms in total. The topological polar surface area (TPSA) is 64.7 Å². The van der Waals surface area contributed by atoms with Gasteiger partial charge in [0, 0.05) is 42.0 Å². The van der Waals surface area contributed by atoms with Crippen LogP contribution in [0.3, 0.4) is 0 Å². The molecule has 7 heteroatoms. The van der Waals surface area contributed by atoms with Crippen molar-refractivity contribution in [3.63, 3.8) is 0 Å². The number of likely N-dealkylation sites (tertiary alicyclic amines) is 1. The van der Waals surface area contributed by atoms with Gasteiger partial charge in [0.25, 0.3) is 0 Å². The summed E-state index contributed by atoms with van der Waals surface area (Å²) >= 11 is 3.87. The lowest BCUT2D eigenvalue weighted by Crippen LogP contribution is -2.59. The van der Waals surface area contributed by atoms with Crippen molar-refractivity contribution in [2.75, 3.05) is 40.3 Å². The van der Waals surface area contributed by atoms with Crippen LogP contribution in [0.2, 0.25) is 0 Å². The van der Waals surface area contributed by atoms with Crippen molar-refractivity contribution in [2.45, 2.75) is 88.0 Å². The van der Waals surface area contributed by atoms with Crippen molar-refractivity contribution in [3.8, 4) is 0 Å². The average Bonchev–Trinajstić information content (AvgIpc) is 3.19. The SMILES string of the molecule is CN(C)CCCCNC(=O)CC1CC2(CCN(C(=O)NC3C4CC5CC(C4)CC3C5)CC2)c2c(Br)cccc21. The smallest absolute Gasteiger partial charge is 0.317 e. The van der Waals surface area contributed by atoms with Gasteiger partial charge in [0.05, 0.1) is 0 Å². The first kappa shape index (κ1) is 27.6. The highest BCUT2D eigenvalue weighted by molar-refractivity contribution is 9.10. The van der Waals surface area contributed by atoms with Crippen molar-refractivity contribution in [2.24, 2.45) is 23.7 Å². The molecule has 214 valence electrons. The summed E-state index contributed by atoms with van der Waals surface area (Å²) in [5, 5.41) is 6.71. The third kappa shape index (κ3) is 5.64. The number of halogens is 1. The summed E-state index contributed by atoms with van der Waals surface area (Å²) in [5.74, 6) is 3.68. The molecule has 3 amide bonds. The second kappa shape index (κ2) is 11.3. The maximum absolute atomic E-state index is 13.4. The first-order valence-electron chi connectivity index (χ1n) is 15.6. The normalized spacial score (nSPS) is 32.1. The number of unbranched alkanes of at least 4 members (excludes halogenated alkanes) is 1. The van der Waals surface area contributed by atoms with Gasteiger partial charge in [-0.15, -0.1) is 0 Å². The minimum Gasteiger partial charge on any atom is -0.356 e. The highest BCUT2D eigenvalue weighted by atomic mass is 79.9. The van der Waals surface area contributed by atoms with Gasteiger partial charge in [0.2, 0.25) is 5.91 Å². The summed E-state index contributed by atoms with van der Waals surface area (Å²) in [5.41, 5.74) is 2.78. The van der Waals surface area contributed by atoms with Crippen LogP contribution >= 0.6 is 15.9 Å². The molecular formula is C32H47BrN4O2. The lowest BCUT2D eigenvalue weighted by atomic mass is 9.54. The zero-order chi connectivity index (χ0) is 27.1. The number of hydrogen-bond donors (Lipinski definition) is 2. The number of carbonyl (C=O) groups excluding carboxylic acids is 2. The maximum atomic E-state index is 13.4. The van der Waals surface area contributed by atoms with Crippen LogP contribution in [0.15, 0.2) is 22.7 Å². The number of nitrogens with zero attached hydrogens (tertiary/aromatic N) is 2. The summed E-state index contributed by atoms with van der Waals surface area (Å²) < 4.78 is 1.16. The lowest BCUT2D eigenvalue weighted by Gasteiger charge is -2.54. The van der Waals surface area contributed by atoms with Crippen LogP contribution in [-0.2, 0) is 10.2 Å². The monoisotopic (exact) mass is 598 g/mol. The Morgan fingerprint density at radius 1 is 1.03 bits per heavy atom. The third-order valence-corrected chi connectivity index (χ3v) is 11.6. The van der Waals surface area contributed by atoms with Gasteiger partial charge < -0.3 is 20.4 Å². The standard InChI is InChI=1S/C32H47BrN4O2/c1-36(2)11-4-3-10-34-28(38)19-25-20-32(29-26(25)6-5-7-27(29)33)8-12-37(13-9-32)31(39)35-30-23-15-21-14-22(17-23)18-24(30)16-21/h5-7,21-25,30H,3-4,8-20H2,1-2H3,(H,34,38)(H,35,39). The molecule has 1 heterocycles. The van der Waals surface area contributed by atoms with Gasteiger partial charge in [0.1, 0.15) is 0 Å². The van der Waals surface area contributed by atoms with E-state index in [2.05, 4.69) is 68.7 Å². The van der Waals surface area contributed by atoms with Crippen molar-refractivity contribution in [3.05, 3.63) is 33.8 Å². The Labute approximate surface area is 243 Å². The summed E-state index contributed by atoms with van der Waals surface area (Å²) in [6, 6.07) is 7.06. The van der Waals surface area contributed by atoms with E-state index in [-0.39, 0.29) is 23.3 Å². The van der Waals surface area contributed by atoms with Gasteiger partial charge in [-0.05, 0) is 132 Å². The Kier molecular flexibility index (Phi) is 8.02.